The third-order valence-corrected chi connectivity index (χ3v) is 8.24. The second-order valence-corrected chi connectivity index (χ2v) is 12.0. The van der Waals surface area contributed by atoms with Crippen molar-refractivity contribution >= 4 is 39.3 Å². The van der Waals surface area contributed by atoms with E-state index in [1.54, 1.807) is 12.3 Å². The van der Waals surface area contributed by atoms with E-state index >= 15 is 0 Å². The van der Waals surface area contributed by atoms with Gasteiger partial charge in [-0.25, -0.2) is 0 Å². The van der Waals surface area contributed by atoms with Gasteiger partial charge < -0.3 is 14.4 Å². The molecule has 1 amide bonds. The van der Waals surface area contributed by atoms with E-state index in [0.29, 0.717) is 17.2 Å². The van der Waals surface area contributed by atoms with Crippen molar-refractivity contribution in [2.75, 3.05) is 25.9 Å². The van der Waals surface area contributed by atoms with Crippen molar-refractivity contribution in [3.05, 3.63) is 71.4 Å². The van der Waals surface area contributed by atoms with Gasteiger partial charge >= 0.3 is 10.1 Å². The highest BCUT2D eigenvalue weighted by Gasteiger charge is 2.24. The first-order valence-corrected chi connectivity index (χ1v) is 15.0. The van der Waals surface area contributed by atoms with Crippen LogP contribution in [-0.4, -0.2) is 56.1 Å². The van der Waals surface area contributed by atoms with Crippen molar-refractivity contribution in [3.63, 3.8) is 0 Å². The van der Waals surface area contributed by atoms with Gasteiger partial charge in [-0.2, -0.15) is 8.42 Å². The maximum absolute atomic E-state index is 13.0. The van der Waals surface area contributed by atoms with Crippen molar-refractivity contribution in [1.29, 1.82) is 0 Å². The normalized spacial score (nSPS) is 20.1. The van der Waals surface area contributed by atoms with Gasteiger partial charge in [-0.15, -0.1) is 12.4 Å². The zero-order chi connectivity index (χ0) is 25.8. The predicted molar refractivity (Wildman–Crippen MR) is 153 cm³/mol. The lowest BCUT2D eigenvalue weighted by molar-refractivity contribution is 0.0921. The molecular weight excluding hydrogens is 522 g/mol. The third-order valence-electron chi connectivity index (χ3n) is 7.75. The Morgan fingerprint density at radius 1 is 1.03 bits per heavy atom. The lowest BCUT2D eigenvalue weighted by atomic mass is 9.84. The van der Waals surface area contributed by atoms with Crippen LogP contribution in [0.15, 0.2) is 54.7 Å². The molecule has 204 valence electrons. The van der Waals surface area contributed by atoms with Crippen LogP contribution in [0.5, 0.6) is 5.75 Å². The van der Waals surface area contributed by atoms with E-state index in [1.807, 2.05) is 42.5 Å². The summed E-state index contributed by atoms with van der Waals surface area (Å²) in [6, 6.07) is 15.4. The fourth-order valence-corrected chi connectivity index (χ4v) is 6.18. The lowest BCUT2D eigenvalue weighted by Gasteiger charge is -2.31. The molecule has 2 heterocycles. The number of hydrogen-bond donors (Lipinski definition) is 1. The van der Waals surface area contributed by atoms with Crippen LogP contribution in [0.25, 0.3) is 10.9 Å². The zero-order valence-electron chi connectivity index (χ0n) is 21.8. The molecule has 0 atom stereocenters. The molecule has 1 fully saturated rings. The van der Waals surface area contributed by atoms with Crippen LogP contribution in [-0.2, 0) is 23.0 Å². The van der Waals surface area contributed by atoms with Gasteiger partial charge in [-0.3, -0.25) is 9.78 Å². The fourth-order valence-electron chi connectivity index (χ4n) is 5.72. The summed E-state index contributed by atoms with van der Waals surface area (Å²) in [6.45, 7) is 3.07. The molecule has 9 heteroatoms. The minimum atomic E-state index is -3.51. The number of nitrogens with zero attached hydrogens (tertiary/aromatic N) is 2. The van der Waals surface area contributed by atoms with Crippen LogP contribution in [0.3, 0.4) is 0 Å². The molecule has 5 rings (SSSR count). The molecule has 1 aliphatic carbocycles. The van der Waals surface area contributed by atoms with E-state index in [-0.39, 0.29) is 24.4 Å². The lowest BCUT2D eigenvalue weighted by Crippen LogP contribution is -2.38. The summed E-state index contributed by atoms with van der Waals surface area (Å²) in [4.78, 5) is 19.9. The Bertz CT molecular complexity index is 1370. The Balaban J connectivity index is 0.00000336. The van der Waals surface area contributed by atoms with Crippen LogP contribution < -0.4 is 9.50 Å². The average molecular weight is 558 g/mol. The molecule has 1 N–H and O–H groups in total. The molecule has 1 aliphatic heterocycles. The summed E-state index contributed by atoms with van der Waals surface area (Å²) in [6.07, 6.45) is 10.2. The van der Waals surface area contributed by atoms with Gasteiger partial charge in [-0.05, 0) is 98.9 Å². The smallest absolute Gasteiger partial charge is 0.306 e. The molecule has 1 aromatic heterocycles. The minimum absolute atomic E-state index is 0. The summed E-state index contributed by atoms with van der Waals surface area (Å²) < 4.78 is 28.0. The Morgan fingerprint density at radius 2 is 1.79 bits per heavy atom. The molecule has 2 aliphatic rings. The number of carbonyl (C=O) groups is 1. The Kier molecular flexibility index (Phi) is 9.28. The second kappa shape index (κ2) is 12.5. The monoisotopic (exact) mass is 557 g/mol. The number of fused-ring (bicyclic) bond motifs is 2. The molecule has 0 saturated heterocycles. The Morgan fingerprint density at radius 3 is 2.55 bits per heavy atom. The van der Waals surface area contributed by atoms with Gasteiger partial charge in [0.1, 0.15) is 5.75 Å². The van der Waals surface area contributed by atoms with Gasteiger partial charge in [-0.1, -0.05) is 18.2 Å². The van der Waals surface area contributed by atoms with Gasteiger partial charge in [0, 0.05) is 36.3 Å². The Hall–Kier alpha value is -2.68. The second-order valence-electron chi connectivity index (χ2n) is 10.4. The molecule has 0 unspecified atom stereocenters. The largest absolute Gasteiger partial charge is 0.383 e. The van der Waals surface area contributed by atoms with Crippen LogP contribution in [0.4, 0.5) is 0 Å². The molecular formula is C29H36ClN3O4S. The SMILES string of the molecule is CS(=O)(=O)Oc1ccc2c(c1)CCN(CCC1CCC(NC(=O)c3cccc4ncccc34)CC1)CC2.Cl. The zero-order valence-corrected chi connectivity index (χ0v) is 23.4. The summed E-state index contributed by atoms with van der Waals surface area (Å²) in [5, 5.41) is 4.16. The van der Waals surface area contributed by atoms with Crippen molar-refractivity contribution in [3.8, 4) is 5.75 Å². The molecule has 7 nitrogen and oxygen atoms in total. The van der Waals surface area contributed by atoms with Gasteiger partial charge in [0.2, 0.25) is 0 Å². The predicted octanol–water partition coefficient (Wildman–Crippen LogP) is 4.77. The number of nitrogens with one attached hydrogen (secondary N) is 1. The summed E-state index contributed by atoms with van der Waals surface area (Å²) in [5.74, 6) is 1.09. The van der Waals surface area contributed by atoms with Gasteiger partial charge in [0.25, 0.3) is 5.91 Å². The van der Waals surface area contributed by atoms with E-state index in [4.69, 9.17) is 4.18 Å². The number of halogens is 1. The number of pyridine rings is 1. The van der Waals surface area contributed by atoms with Crippen LogP contribution in [0.1, 0.15) is 53.6 Å². The number of benzene rings is 2. The molecule has 2 aromatic carbocycles. The van der Waals surface area contributed by atoms with Crippen molar-refractivity contribution in [2.24, 2.45) is 5.92 Å². The highest BCUT2D eigenvalue weighted by Crippen LogP contribution is 2.29. The van der Waals surface area contributed by atoms with Crippen LogP contribution in [0, 0.1) is 5.92 Å². The maximum Gasteiger partial charge on any atom is 0.306 e. The Labute approximate surface area is 231 Å². The molecule has 38 heavy (non-hydrogen) atoms. The highest BCUT2D eigenvalue weighted by molar-refractivity contribution is 7.86. The first-order valence-electron chi connectivity index (χ1n) is 13.2. The number of aromatic nitrogens is 1. The highest BCUT2D eigenvalue weighted by atomic mass is 35.5. The van der Waals surface area contributed by atoms with E-state index in [9.17, 15) is 13.2 Å². The van der Waals surface area contributed by atoms with Gasteiger partial charge in [0.05, 0.1) is 11.8 Å². The number of amides is 1. The molecule has 0 bridgehead atoms. The summed E-state index contributed by atoms with van der Waals surface area (Å²) in [5.41, 5.74) is 4.01. The quantitative estimate of drug-likeness (QED) is 0.421. The van der Waals surface area contributed by atoms with Crippen molar-refractivity contribution in [1.82, 2.24) is 15.2 Å². The molecule has 0 spiro atoms. The first kappa shape index (κ1) is 28.3. The molecule has 3 aromatic rings. The third kappa shape index (κ3) is 7.24. The van der Waals surface area contributed by atoms with E-state index in [2.05, 4.69) is 15.2 Å². The standard InChI is InChI=1S/C29H35N3O4S.ClH/c1-37(34,35)36-25-12-9-22-14-18-32(19-15-23(22)20-25)17-13-21-7-10-24(11-8-21)31-29(33)27-4-2-6-28-26(27)5-3-16-30-28;/h2-6,9,12,16,20-21,24H,7-8,10-11,13-15,17-19H2,1H3,(H,31,33);1H. The van der Waals surface area contributed by atoms with Crippen molar-refractivity contribution < 1.29 is 17.4 Å². The summed E-state index contributed by atoms with van der Waals surface area (Å²) in [7, 11) is -3.51. The topological polar surface area (TPSA) is 88.6 Å². The average Bonchev–Trinajstić information content (AvgIpc) is 3.09. The first-order chi connectivity index (χ1) is 17.8. The fraction of sp³-hybridized carbons (Fsp3) is 0.448. The minimum Gasteiger partial charge on any atom is -0.383 e. The maximum atomic E-state index is 13.0. The summed E-state index contributed by atoms with van der Waals surface area (Å²) >= 11 is 0. The number of carbonyl (C=O) groups excluding carboxylic acids is 1. The van der Waals surface area contributed by atoms with E-state index in [0.717, 1.165) is 75.3 Å². The van der Waals surface area contributed by atoms with Crippen molar-refractivity contribution in [2.45, 2.75) is 51.0 Å². The van der Waals surface area contributed by atoms with E-state index in [1.165, 1.54) is 17.5 Å². The number of rotatable bonds is 7. The van der Waals surface area contributed by atoms with E-state index < -0.39 is 10.1 Å². The van der Waals surface area contributed by atoms with Crippen LogP contribution >= 0.6 is 12.4 Å². The molecule has 1 saturated carbocycles. The van der Waals surface area contributed by atoms with Crippen LogP contribution in [0.2, 0.25) is 0 Å². The van der Waals surface area contributed by atoms with Gasteiger partial charge in [0.15, 0.2) is 0 Å². The number of hydrogen-bond acceptors (Lipinski definition) is 6. The molecule has 0 radical (unpaired) electrons.